The molecule has 0 radical (unpaired) electrons. The highest BCUT2D eigenvalue weighted by atomic mass is 32.2. The molecule has 3 rings (SSSR count). The summed E-state index contributed by atoms with van der Waals surface area (Å²) < 4.78 is 39.4. The number of nitrogens with zero attached hydrogens (tertiary/aromatic N) is 1. The largest absolute Gasteiger partial charge is 0.454 e. The Morgan fingerprint density at radius 1 is 1.02 bits per heavy atom. The van der Waals surface area contributed by atoms with Gasteiger partial charge in [-0.1, -0.05) is 65.0 Å². The Hall–Kier alpha value is -3.19. The normalized spacial score (nSPS) is 15.4. The van der Waals surface area contributed by atoms with E-state index in [9.17, 15) is 23.1 Å². The van der Waals surface area contributed by atoms with Crippen LogP contribution in [0.15, 0.2) is 53.4 Å². The van der Waals surface area contributed by atoms with Gasteiger partial charge in [0.05, 0.1) is 23.6 Å². The summed E-state index contributed by atoms with van der Waals surface area (Å²) in [6.07, 6.45) is -1.05. The second-order valence-electron chi connectivity index (χ2n) is 11.7. The minimum atomic E-state index is -4.05. The molecule has 1 aliphatic rings. The highest BCUT2D eigenvalue weighted by molar-refractivity contribution is 7.89. The van der Waals surface area contributed by atoms with E-state index in [1.807, 2.05) is 44.2 Å². The number of rotatable bonds is 13. The summed E-state index contributed by atoms with van der Waals surface area (Å²) in [5.41, 5.74) is 5.64. The van der Waals surface area contributed by atoms with Gasteiger partial charge >= 0.3 is 0 Å². The van der Waals surface area contributed by atoms with Gasteiger partial charge in [0.25, 0.3) is 0 Å². The number of hydrogen-bond donors (Lipinski definition) is 4. The predicted octanol–water partition coefficient (Wildman–Crippen LogP) is 1.64. The van der Waals surface area contributed by atoms with Crippen molar-refractivity contribution in [2.45, 2.75) is 64.1 Å². The third-order valence-electron chi connectivity index (χ3n) is 6.65. The molecule has 0 fully saturated rings. The van der Waals surface area contributed by atoms with Gasteiger partial charge in [-0.05, 0) is 35.4 Å². The fraction of sp³-hybridized carbons (Fsp3) is 0.517. The van der Waals surface area contributed by atoms with Crippen molar-refractivity contribution < 1.29 is 32.6 Å². The van der Waals surface area contributed by atoms with E-state index in [4.69, 9.17) is 15.2 Å². The number of aliphatic hydroxyl groups is 1. The number of carbonyl (C=O) groups is 2. The topological polar surface area (TPSA) is 160 Å². The summed E-state index contributed by atoms with van der Waals surface area (Å²) in [5, 5.41) is 17.1. The lowest BCUT2D eigenvalue weighted by molar-refractivity contribution is -0.132. The minimum absolute atomic E-state index is 0.00934. The summed E-state index contributed by atoms with van der Waals surface area (Å²) in [7, 11) is -4.05. The van der Waals surface area contributed by atoms with Crippen molar-refractivity contribution in [3.63, 3.8) is 0 Å². The fourth-order valence-electron chi connectivity index (χ4n) is 4.51. The van der Waals surface area contributed by atoms with Crippen molar-refractivity contribution in [1.29, 1.82) is 0 Å². The monoisotopic (exact) mass is 590 g/mol. The van der Waals surface area contributed by atoms with Crippen molar-refractivity contribution in [3.8, 4) is 11.5 Å². The number of sulfonamides is 1. The molecule has 5 N–H and O–H groups in total. The molecule has 1 heterocycles. The van der Waals surface area contributed by atoms with Crippen LogP contribution < -0.4 is 25.8 Å². The molecule has 2 aromatic carbocycles. The molecule has 226 valence electrons. The second kappa shape index (κ2) is 13.6. The number of amides is 2. The molecular formula is C29H42N4O7S. The van der Waals surface area contributed by atoms with Gasteiger partial charge in [-0.15, -0.1) is 0 Å². The second-order valence-corrected chi connectivity index (χ2v) is 13.6. The van der Waals surface area contributed by atoms with E-state index in [1.54, 1.807) is 26.8 Å². The first kappa shape index (κ1) is 32.3. The Kier molecular flexibility index (Phi) is 10.8. The number of nitrogens with one attached hydrogen (secondary N) is 2. The molecule has 2 amide bonds. The molecule has 0 bridgehead atoms. The average molecular weight is 591 g/mol. The number of benzene rings is 2. The smallest absolute Gasteiger partial charge is 0.243 e. The first-order chi connectivity index (χ1) is 19.2. The number of nitrogens with two attached hydrogens (primary N) is 1. The van der Waals surface area contributed by atoms with Gasteiger partial charge in [0.2, 0.25) is 28.6 Å². The van der Waals surface area contributed by atoms with Crippen molar-refractivity contribution in [2.24, 2.45) is 17.1 Å². The van der Waals surface area contributed by atoms with Crippen LogP contribution in [0.1, 0.15) is 40.2 Å². The van der Waals surface area contributed by atoms with E-state index >= 15 is 0 Å². The van der Waals surface area contributed by atoms with Gasteiger partial charge in [-0.25, -0.2) is 8.42 Å². The average Bonchev–Trinajstić information content (AvgIpc) is 3.38. The number of ether oxygens (including phenoxy) is 2. The lowest BCUT2D eigenvalue weighted by atomic mass is 9.85. The van der Waals surface area contributed by atoms with Gasteiger partial charge < -0.3 is 30.9 Å². The number of aliphatic hydroxyl groups excluding tert-OH is 1. The van der Waals surface area contributed by atoms with E-state index in [2.05, 4.69) is 10.6 Å². The lowest BCUT2D eigenvalue weighted by Crippen LogP contribution is -2.59. The molecule has 0 spiro atoms. The van der Waals surface area contributed by atoms with Gasteiger partial charge in [0, 0.05) is 19.2 Å². The molecule has 3 atom stereocenters. The molecular weight excluding hydrogens is 548 g/mol. The maximum atomic E-state index is 13.8. The lowest BCUT2D eigenvalue weighted by Gasteiger charge is -2.34. The summed E-state index contributed by atoms with van der Waals surface area (Å²) in [6, 6.07) is 11.9. The van der Waals surface area contributed by atoms with Crippen LogP contribution in [0.5, 0.6) is 11.5 Å². The molecule has 2 aromatic rings. The zero-order chi connectivity index (χ0) is 30.4. The molecule has 0 aromatic heterocycles. The highest BCUT2D eigenvalue weighted by Crippen LogP contribution is 2.35. The van der Waals surface area contributed by atoms with Gasteiger partial charge in [-0.3, -0.25) is 9.59 Å². The van der Waals surface area contributed by atoms with Crippen LogP contribution >= 0.6 is 0 Å². The third kappa shape index (κ3) is 8.65. The summed E-state index contributed by atoms with van der Waals surface area (Å²) in [6.45, 7) is 8.76. The third-order valence-corrected chi connectivity index (χ3v) is 8.48. The van der Waals surface area contributed by atoms with Crippen molar-refractivity contribution in [2.75, 3.05) is 26.4 Å². The van der Waals surface area contributed by atoms with Gasteiger partial charge in [0.15, 0.2) is 11.5 Å². The first-order valence-corrected chi connectivity index (χ1v) is 15.1. The van der Waals surface area contributed by atoms with Gasteiger partial charge in [-0.2, -0.15) is 4.31 Å². The highest BCUT2D eigenvalue weighted by Gasteiger charge is 2.36. The van der Waals surface area contributed by atoms with Crippen molar-refractivity contribution in [1.82, 2.24) is 14.9 Å². The number of fused-ring (bicyclic) bond motifs is 1. The van der Waals surface area contributed by atoms with Crippen molar-refractivity contribution >= 4 is 21.8 Å². The Morgan fingerprint density at radius 2 is 1.68 bits per heavy atom. The Balaban J connectivity index is 1.91. The van der Waals surface area contributed by atoms with Crippen LogP contribution in [0, 0.1) is 11.3 Å². The predicted molar refractivity (Wildman–Crippen MR) is 155 cm³/mol. The van der Waals surface area contributed by atoms with Crippen LogP contribution in [-0.4, -0.2) is 74.3 Å². The van der Waals surface area contributed by atoms with E-state index in [1.165, 1.54) is 16.4 Å². The SMILES string of the molecule is CC(C)CN(C[C@@H](O)[C@H](Cc1ccccc1)NC(=O)[C@@H](NC(=O)CN)C(C)(C)C)S(=O)(=O)c1ccc2c(c1)OCO2. The zero-order valence-corrected chi connectivity index (χ0v) is 25.1. The van der Waals surface area contributed by atoms with E-state index in [0.29, 0.717) is 11.5 Å². The summed E-state index contributed by atoms with van der Waals surface area (Å²) in [4.78, 5) is 25.6. The molecule has 0 saturated heterocycles. The molecule has 0 saturated carbocycles. The number of hydrogen-bond acceptors (Lipinski definition) is 8. The molecule has 12 heteroatoms. The Bertz CT molecular complexity index is 1300. The fourth-order valence-corrected chi connectivity index (χ4v) is 6.15. The van der Waals surface area contributed by atoms with E-state index in [0.717, 1.165) is 5.56 Å². The summed E-state index contributed by atoms with van der Waals surface area (Å²) >= 11 is 0. The van der Waals surface area contributed by atoms with Crippen molar-refractivity contribution in [3.05, 3.63) is 54.1 Å². The number of carbonyl (C=O) groups excluding carboxylic acids is 2. The first-order valence-electron chi connectivity index (χ1n) is 13.6. The maximum Gasteiger partial charge on any atom is 0.243 e. The van der Waals surface area contributed by atoms with Gasteiger partial charge in [0.1, 0.15) is 6.04 Å². The Morgan fingerprint density at radius 3 is 2.29 bits per heavy atom. The zero-order valence-electron chi connectivity index (χ0n) is 24.3. The van der Waals surface area contributed by atoms with E-state index in [-0.39, 0.29) is 43.7 Å². The van der Waals surface area contributed by atoms with E-state index < -0.39 is 45.4 Å². The maximum absolute atomic E-state index is 13.8. The minimum Gasteiger partial charge on any atom is -0.454 e. The molecule has 11 nitrogen and oxygen atoms in total. The summed E-state index contributed by atoms with van der Waals surface area (Å²) in [5.74, 6) is -0.255. The Labute approximate surface area is 242 Å². The molecule has 1 aliphatic heterocycles. The molecule has 0 unspecified atom stereocenters. The van der Waals surface area contributed by atoms with Crippen LogP contribution in [0.25, 0.3) is 0 Å². The van der Waals surface area contributed by atoms with Crippen LogP contribution in [0.2, 0.25) is 0 Å². The van der Waals surface area contributed by atoms with Crippen LogP contribution in [0.4, 0.5) is 0 Å². The van der Waals surface area contributed by atoms with Crippen LogP contribution in [-0.2, 0) is 26.0 Å². The standard InChI is InChI=1S/C29H42N4O7S/c1-19(2)16-33(41(37,38)21-11-12-24-25(14-21)40-18-39-24)17-23(34)22(13-20-9-7-6-8-10-20)31-28(36)27(29(3,4)5)32-26(35)15-30/h6-12,14,19,22-23,27,34H,13,15-18,30H2,1-5H3,(H,31,36)(H,32,35)/t22-,23+,27+/m0/s1. The molecule has 0 aliphatic carbocycles. The van der Waals surface area contributed by atoms with Crippen LogP contribution in [0.3, 0.4) is 0 Å². The molecule has 41 heavy (non-hydrogen) atoms. The quantitative estimate of drug-likeness (QED) is 0.274.